The van der Waals surface area contributed by atoms with Gasteiger partial charge in [-0.3, -0.25) is 9.89 Å². The molecule has 1 aliphatic carbocycles. The molecule has 1 N–H and O–H groups in total. The van der Waals surface area contributed by atoms with E-state index in [0.717, 1.165) is 66.4 Å². The Morgan fingerprint density at radius 2 is 2.15 bits per heavy atom. The molecule has 3 aromatic rings. The maximum absolute atomic E-state index is 12.8. The van der Waals surface area contributed by atoms with Crippen LogP contribution in [0.4, 0.5) is 5.82 Å². The summed E-state index contributed by atoms with van der Waals surface area (Å²) in [4.78, 5) is 25.8. The van der Waals surface area contributed by atoms with Gasteiger partial charge in [0.15, 0.2) is 5.65 Å². The summed E-state index contributed by atoms with van der Waals surface area (Å²) in [6.07, 6.45) is 9.66. The van der Waals surface area contributed by atoms with Crippen LogP contribution < -0.4 is 4.90 Å². The largest absolute Gasteiger partial charge is 0.356 e. The van der Waals surface area contributed by atoms with Crippen LogP contribution in [0.1, 0.15) is 25.7 Å². The molecule has 0 aromatic carbocycles. The van der Waals surface area contributed by atoms with Gasteiger partial charge in [0.05, 0.1) is 12.1 Å². The molecule has 1 atom stereocenters. The van der Waals surface area contributed by atoms with Gasteiger partial charge in [0.2, 0.25) is 5.91 Å². The highest BCUT2D eigenvalue weighted by Crippen LogP contribution is 2.33. The number of aromatic amines is 1. The molecule has 1 saturated carbocycles. The highest BCUT2D eigenvalue weighted by molar-refractivity contribution is 6.10. The van der Waals surface area contributed by atoms with Gasteiger partial charge in [-0.2, -0.15) is 5.10 Å². The molecule has 3 aromatic heterocycles. The second-order valence-electron chi connectivity index (χ2n) is 7.45. The Labute approximate surface area is 151 Å². The summed E-state index contributed by atoms with van der Waals surface area (Å²) in [5.74, 6) is 1.30. The second-order valence-corrected chi connectivity index (χ2v) is 7.45. The molecule has 2 aliphatic rings. The molecule has 2 fully saturated rings. The highest BCUT2D eigenvalue weighted by atomic mass is 16.2. The lowest BCUT2D eigenvalue weighted by molar-refractivity contribution is -0.134. The zero-order valence-corrected chi connectivity index (χ0v) is 14.9. The minimum absolute atomic E-state index is 0.0492. The molecule has 7 heteroatoms. The van der Waals surface area contributed by atoms with Gasteiger partial charge < -0.3 is 9.80 Å². The molecule has 1 amide bonds. The molecule has 1 saturated heterocycles. The fraction of sp³-hybridized carbons (Fsp3) is 0.474. The quantitative estimate of drug-likeness (QED) is 0.784. The first-order valence-corrected chi connectivity index (χ1v) is 9.31. The standard InChI is InChI=1S/C19H22N6O/c1-24(14-4-5-14)19(26)12-3-2-8-25(11-12)18-16-13(10-22-23-18)9-21-17-15(16)6-7-20-17/h6-7,9-10,12,14,23H,2-5,8,11H2,1H3. The predicted molar refractivity (Wildman–Crippen MR) is 99.9 cm³/mol. The van der Waals surface area contributed by atoms with Crippen LogP contribution in [0.2, 0.25) is 0 Å². The molecule has 5 rings (SSSR count). The zero-order valence-electron chi connectivity index (χ0n) is 14.9. The maximum Gasteiger partial charge on any atom is 0.227 e. The third-order valence-corrected chi connectivity index (χ3v) is 5.70. The molecule has 0 radical (unpaired) electrons. The van der Waals surface area contributed by atoms with Crippen LogP contribution in [-0.2, 0) is 4.79 Å². The number of pyridine rings is 1. The van der Waals surface area contributed by atoms with Crippen LogP contribution in [0, 0.1) is 5.92 Å². The van der Waals surface area contributed by atoms with E-state index in [0.29, 0.717) is 6.04 Å². The average molecular weight is 350 g/mol. The van der Waals surface area contributed by atoms with E-state index in [2.05, 4.69) is 25.1 Å². The number of rotatable bonds is 3. The first kappa shape index (κ1) is 15.5. The molecule has 134 valence electrons. The van der Waals surface area contributed by atoms with Crippen LogP contribution in [0.3, 0.4) is 0 Å². The van der Waals surface area contributed by atoms with Gasteiger partial charge in [-0.25, -0.2) is 9.97 Å². The van der Waals surface area contributed by atoms with Gasteiger partial charge in [-0.15, -0.1) is 0 Å². The Bertz CT molecular complexity index is 978. The Hall–Kier alpha value is -2.70. The van der Waals surface area contributed by atoms with E-state index in [9.17, 15) is 4.79 Å². The van der Waals surface area contributed by atoms with E-state index in [1.807, 2.05) is 24.2 Å². The molecule has 0 spiro atoms. The van der Waals surface area contributed by atoms with Gasteiger partial charge in [-0.1, -0.05) is 0 Å². The minimum atomic E-state index is 0.0492. The molecule has 1 unspecified atom stereocenters. The van der Waals surface area contributed by atoms with Crippen molar-refractivity contribution in [3.05, 3.63) is 24.7 Å². The van der Waals surface area contributed by atoms with Gasteiger partial charge in [0.1, 0.15) is 5.82 Å². The normalized spacial score (nSPS) is 20.7. The van der Waals surface area contributed by atoms with Crippen molar-refractivity contribution in [1.82, 2.24) is 25.1 Å². The van der Waals surface area contributed by atoms with E-state index in [1.54, 1.807) is 12.4 Å². The van der Waals surface area contributed by atoms with Crippen molar-refractivity contribution < 1.29 is 4.79 Å². The summed E-state index contributed by atoms with van der Waals surface area (Å²) in [5.41, 5.74) is 0.747. The zero-order chi connectivity index (χ0) is 17.7. The SMILES string of the molecule is CN(C(=O)C1CCCN(c2[nH]ncc3cnc4nccc4c23)C1)C1CC1. The van der Waals surface area contributed by atoms with Crippen LogP contribution >= 0.6 is 0 Å². The van der Waals surface area contributed by atoms with Crippen molar-refractivity contribution in [3.8, 4) is 0 Å². The van der Waals surface area contributed by atoms with E-state index in [-0.39, 0.29) is 11.8 Å². The van der Waals surface area contributed by atoms with Crippen LogP contribution in [-0.4, -0.2) is 57.2 Å². The Balaban J connectivity index is 1.51. The number of fused-ring (bicyclic) bond motifs is 3. The minimum Gasteiger partial charge on any atom is -0.356 e. The monoisotopic (exact) mass is 350 g/mol. The maximum atomic E-state index is 12.8. The van der Waals surface area contributed by atoms with E-state index in [1.165, 1.54) is 0 Å². The summed E-state index contributed by atoms with van der Waals surface area (Å²) in [6, 6.07) is 2.46. The number of anilines is 1. The van der Waals surface area contributed by atoms with Crippen molar-refractivity contribution in [3.63, 3.8) is 0 Å². The molecular formula is C19H22N6O. The number of amides is 1. The van der Waals surface area contributed by atoms with Crippen molar-refractivity contribution >= 4 is 33.5 Å². The molecule has 4 heterocycles. The predicted octanol–water partition coefficient (Wildman–Crippen LogP) is 2.34. The Morgan fingerprint density at radius 1 is 1.27 bits per heavy atom. The fourth-order valence-electron chi connectivity index (χ4n) is 4.10. The lowest BCUT2D eigenvalue weighted by atomic mass is 9.96. The summed E-state index contributed by atoms with van der Waals surface area (Å²) < 4.78 is 0. The Morgan fingerprint density at radius 3 is 3.00 bits per heavy atom. The summed E-state index contributed by atoms with van der Waals surface area (Å²) in [6.45, 7) is 1.65. The third kappa shape index (κ3) is 2.50. The van der Waals surface area contributed by atoms with E-state index in [4.69, 9.17) is 0 Å². The van der Waals surface area contributed by atoms with Crippen LogP contribution in [0.25, 0.3) is 21.8 Å². The lowest BCUT2D eigenvalue weighted by Gasteiger charge is -2.35. The molecule has 1 aliphatic heterocycles. The van der Waals surface area contributed by atoms with Crippen molar-refractivity contribution in [2.75, 3.05) is 25.0 Å². The first-order valence-electron chi connectivity index (χ1n) is 9.31. The summed E-state index contributed by atoms with van der Waals surface area (Å²) >= 11 is 0. The van der Waals surface area contributed by atoms with Crippen molar-refractivity contribution in [1.29, 1.82) is 0 Å². The lowest BCUT2D eigenvalue weighted by Crippen LogP contribution is -2.44. The van der Waals surface area contributed by atoms with E-state index < -0.39 is 0 Å². The average Bonchev–Trinajstić information content (AvgIpc) is 3.43. The second kappa shape index (κ2) is 5.93. The van der Waals surface area contributed by atoms with Crippen molar-refractivity contribution in [2.45, 2.75) is 31.7 Å². The first-order chi connectivity index (χ1) is 12.7. The Kier molecular flexibility index (Phi) is 3.55. The number of hydrogen-bond donors (Lipinski definition) is 1. The number of nitrogens with one attached hydrogen (secondary N) is 1. The van der Waals surface area contributed by atoms with Gasteiger partial charge in [0, 0.05) is 54.7 Å². The van der Waals surface area contributed by atoms with Crippen LogP contribution in [0.15, 0.2) is 24.7 Å². The van der Waals surface area contributed by atoms with E-state index >= 15 is 0 Å². The summed E-state index contributed by atoms with van der Waals surface area (Å²) in [7, 11) is 1.95. The number of nitrogens with zero attached hydrogens (tertiary/aromatic N) is 5. The number of carbonyl (C=O) groups is 1. The van der Waals surface area contributed by atoms with Gasteiger partial charge in [-0.05, 0) is 31.7 Å². The highest BCUT2D eigenvalue weighted by Gasteiger charge is 2.35. The summed E-state index contributed by atoms with van der Waals surface area (Å²) in [5, 5.41) is 10.6. The van der Waals surface area contributed by atoms with Gasteiger partial charge in [0.25, 0.3) is 0 Å². The number of carbonyl (C=O) groups excluding carboxylic acids is 1. The van der Waals surface area contributed by atoms with Crippen LogP contribution in [0.5, 0.6) is 0 Å². The van der Waals surface area contributed by atoms with Gasteiger partial charge >= 0.3 is 0 Å². The smallest absolute Gasteiger partial charge is 0.227 e. The molecule has 7 nitrogen and oxygen atoms in total. The molecule has 0 bridgehead atoms. The number of H-pyrrole nitrogens is 1. The fourth-order valence-corrected chi connectivity index (χ4v) is 4.10. The number of piperidine rings is 1. The van der Waals surface area contributed by atoms with Crippen molar-refractivity contribution in [2.24, 2.45) is 5.92 Å². The molecule has 26 heavy (non-hydrogen) atoms. The topological polar surface area (TPSA) is 78.0 Å². The molecular weight excluding hydrogens is 328 g/mol. The number of hydrogen-bond acceptors (Lipinski definition) is 5. The number of aromatic nitrogens is 4. The third-order valence-electron chi connectivity index (χ3n) is 5.70.